The first-order chi connectivity index (χ1) is 9.08. The molecular formula is C12H16Cl2N2O2S. The van der Waals surface area contributed by atoms with Crippen molar-refractivity contribution in [3.63, 3.8) is 0 Å². The molecule has 0 fully saturated rings. The van der Waals surface area contributed by atoms with Crippen LogP contribution in [0.15, 0.2) is 18.2 Å². The molecule has 0 spiro atoms. The SMILES string of the molecule is CSC[C@@H](CCO)NC(=O)Nc1cccc(Cl)c1Cl. The van der Waals surface area contributed by atoms with E-state index in [2.05, 4.69) is 10.6 Å². The highest BCUT2D eigenvalue weighted by molar-refractivity contribution is 7.98. The second-order valence-electron chi connectivity index (χ2n) is 3.86. The number of nitrogens with one attached hydrogen (secondary N) is 2. The Hall–Kier alpha value is -0.620. The lowest BCUT2D eigenvalue weighted by atomic mass is 10.2. The van der Waals surface area contributed by atoms with Crippen molar-refractivity contribution < 1.29 is 9.90 Å². The van der Waals surface area contributed by atoms with Crippen molar-refractivity contribution in [2.75, 3.05) is 23.9 Å². The van der Waals surface area contributed by atoms with Crippen molar-refractivity contribution >= 4 is 46.7 Å². The van der Waals surface area contributed by atoms with Gasteiger partial charge in [0.25, 0.3) is 0 Å². The minimum atomic E-state index is -0.364. The van der Waals surface area contributed by atoms with Crippen molar-refractivity contribution in [3.05, 3.63) is 28.2 Å². The van der Waals surface area contributed by atoms with Crippen LogP contribution in [0.2, 0.25) is 10.0 Å². The highest BCUT2D eigenvalue weighted by atomic mass is 35.5. The Balaban J connectivity index is 2.61. The van der Waals surface area contributed by atoms with Gasteiger partial charge in [-0.05, 0) is 24.8 Å². The molecule has 0 saturated carbocycles. The molecule has 1 atom stereocenters. The number of halogens is 2. The third kappa shape index (κ3) is 5.48. The number of hydrogen-bond donors (Lipinski definition) is 3. The molecule has 2 amide bonds. The molecule has 4 nitrogen and oxygen atoms in total. The van der Waals surface area contributed by atoms with E-state index >= 15 is 0 Å². The summed E-state index contributed by atoms with van der Waals surface area (Å²) in [5.41, 5.74) is 0.457. The average molecular weight is 323 g/mol. The number of aliphatic hydroxyl groups excluding tert-OH is 1. The molecule has 0 radical (unpaired) electrons. The second kappa shape index (κ2) is 8.53. The maximum atomic E-state index is 11.8. The van der Waals surface area contributed by atoms with Crippen LogP contribution in [0.3, 0.4) is 0 Å². The summed E-state index contributed by atoms with van der Waals surface area (Å²) in [6.45, 7) is 0.0312. The van der Waals surface area contributed by atoms with Crippen molar-refractivity contribution in [2.45, 2.75) is 12.5 Å². The normalized spacial score (nSPS) is 12.0. The summed E-state index contributed by atoms with van der Waals surface area (Å²) in [6, 6.07) is 4.57. The zero-order valence-corrected chi connectivity index (χ0v) is 12.8. The second-order valence-corrected chi connectivity index (χ2v) is 5.56. The fourth-order valence-electron chi connectivity index (χ4n) is 1.50. The number of carbonyl (C=O) groups excluding carboxylic acids is 1. The van der Waals surface area contributed by atoms with Crippen LogP contribution in [0, 0.1) is 0 Å². The van der Waals surface area contributed by atoms with E-state index in [0.29, 0.717) is 22.2 Å². The van der Waals surface area contributed by atoms with Gasteiger partial charge in [-0.25, -0.2) is 4.79 Å². The number of carbonyl (C=O) groups is 1. The third-order valence-corrected chi connectivity index (χ3v) is 3.94. The first-order valence-electron chi connectivity index (χ1n) is 5.69. The lowest BCUT2D eigenvalue weighted by Crippen LogP contribution is -2.40. The van der Waals surface area contributed by atoms with Gasteiger partial charge in [0, 0.05) is 18.4 Å². The average Bonchev–Trinajstić information content (AvgIpc) is 2.35. The van der Waals surface area contributed by atoms with Crippen LogP contribution in [0.4, 0.5) is 10.5 Å². The number of urea groups is 1. The van der Waals surface area contributed by atoms with Gasteiger partial charge in [0.15, 0.2) is 0 Å². The van der Waals surface area contributed by atoms with Gasteiger partial charge >= 0.3 is 6.03 Å². The molecule has 1 aromatic carbocycles. The molecule has 0 unspecified atom stereocenters. The maximum Gasteiger partial charge on any atom is 0.319 e. The lowest BCUT2D eigenvalue weighted by Gasteiger charge is -2.17. The summed E-state index contributed by atoms with van der Waals surface area (Å²) in [4.78, 5) is 11.8. The van der Waals surface area contributed by atoms with E-state index in [-0.39, 0.29) is 18.7 Å². The fourth-order valence-corrected chi connectivity index (χ4v) is 2.50. The Morgan fingerprint density at radius 1 is 1.47 bits per heavy atom. The smallest absolute Gasteiger partial charge is 0.319 e. The molecule has 0 bridgehead atoms. The van der Waals surface area contributed by atoms with E-state index in [4.69, 9.17) is 28.3 Å². The van der Waals surface area contributed by atoms with Crippen LogP contribution < -0.4 is 10.6 Å². The molecule has 3 N–H and O–H groups in total. The van der Waals surface area contributed by atoms with Gasteiger partial charge in [-0.1, -0.05) is 29.3 Å². The number of aliphatic hydroxyl groups is 1. The highest BCUT2D eigenvalue weighted by Gasteiger charge is 2.13. The van der Waals surface area contributed by atoms with Crippen LogP contribution in [-0.4, -0.2) is 35.8 Å². The molecule has 1 rings (SSSR count). The van der Waals surface area contributed by atoms with E-state index in [9.17, 15) is 4.79 Å². The zero-order valence-electron chi connectivity index (χ0n) is 10.5. The van der Waals surface area contributed by atoms with Crippen LogP contribution >= 0.6 is 35.0 Å². The number of hydrogen-bond acceptors (Lipinski definition) is 3. The predicted octanol–water partition coefficient (Wildman–Crippen LogP) is 3.23. The molecule has 0 aromatic heterocycles. The minimum Gasteiger partial charge on any atom is -0.396 e. The van der Waals surface area contributed by atoms with E-state index in [1.807, 2.05) is 6.26 Å². The minimum absolute atomic E-state index is 0.0312. The summed E-state index contributed by atoms with van der Waals surface area (Å²) in [5.74, 6) is 0.733. The van der Waals surface area contributed by atoms with Crippen LogP contribution in [0.25, 0.3) is 0 Å². The van der Waals surface area contributed by atoms with Gasteiger partial charge in [0.2, 0.25) is 0 Å². The van der Waals surface area contributed by atoms with Gasteiger partial charge in [-0.15, -0.1) is 0 Å². The molecule has 0 heterocycles. The Labute approximate surface area is 126 Å². The Bertz CT molecular complexity index is 426. The quantitative estimate of drug-likeness (QED) is 0.753. The predicted molar refractivity (Wildman–Crippen MR) is 82.5 cm³/mol. The first kappa shape index (κ1) is 16.4. The molecule has 106 valence electrons. The zero-order chi connectivity index (χ0) is 14.3. The van der Waals surface area contributed by atoms with Crippen LogP contribution in [-0.2, 0) is 0 Å². The van der Waals surface area contributed by atoms with Gasteiger partial charge in [-0.3, -0.25) is 0 Å². The monoisotopic (exact) mass is 322 g/mol. The molecule has 0 aliphatic carbocycles. The topological polar surface area (TPSA) is 61.4 Å². The van der Waals surface area contributed by atoms with E-state index in [0.717, 1.165) is 5.75 Å². The standard InChI is InChI=1S/C12H16Cl2N2O2S/c1-19-7-8(5-6-17)15-12(18)16-10-4-2-3-9(13)11(10)14/h2-4,8,17H,5-7H2,1H3,(H2,15,16,18)/t8-/m1/s1. The molecule has 0 aliphatic heterocycles. The summed E-state index contributed by atoms with van der Waals surface area (Å²) in [7, 11) is 0. The molecular weight excluding hydrogens is 307 g/mol. The van der Waals surface area contributed by atoms with Crippen molar-refractivity contribution in [3.8, 4) is 0 Å². The van der Waals surface area contributed by atoms with Gasteiger partial charge in [0.1, 0.15) is 0 Å². The molecule has 7 heteroatoms. The summed E-state index contributed by atoms with van der Waals surface area (Å²) in [5, 5.41) is 15.0. The number of thioether (sulfide) groups is 1. The Kier molecular flexibility index (Phi) is 7.38. The summed E-state index contributed by atoms with van der Waals surface area (Å²) < 4.78 is 0. The molecule has 1 aromatic rings. The molecule has 0 aliphatic rings. The fraction of sp³-hybridized carbons (Fsp3) is 0.417. The van der Waals surface area contributed by atoms with Crippen molar-refractivity contribution in [1.82, 2.24) is 5.32 Å². The number of anilines is 1. The summed E-state index contributed by atoms with van der Waals surface area (Å²) in [6.07, 6.45) is 2.45. The number of benzene rings is 1. The Morgan fingerprint density at radius 3 is 2.84 bits per heavy atom. The van der Waals surface area contributed by atoms with Crippen LogP contribution in [0.5, 0.6) is 0 Å². The summed E-state index contributed by atoms with van der Waals surface area (Å²) >= 11 is 13.4. The highest BCUT2D eigenvalue weighted by Crippen LogP contribution is 2.29. The van der Waals surface area contributed by atoms with E-state index in [1.165, 1.54) is 0 Å². The molecule has 19 heavy (non-hydrogen) atoms. The molecule has 0 saturated heterocycles. The number of amides is 2. The van der Waals surface area contributed by atoms with Crippen molar-refractivity contribution in [1.29, 1.82) is 0 Å². The van der Waals surface area contributed by atoms with Crippen molar-refractivity contribution in [2.24, 2.45) is 0 Å². The first-order valence-corrected chi connectivity index (χ1v) is 7.84. The Morgan fingerprint density at radius 2 is 2.21 bits per heavy atom. The largest absolute Gasteiger partial charge is 0.396 e. The van der Waals surface area contributed by atoms with Gasteiger partial charge in [-0.2, -0.15) is 11.8 Å². The lowest BCUT2D eigenvalue weighted by molar-refractivity contribution is 0.241. The van der Waals surface area contributed by atoms with E-state index in [1.54, 1.807) is 30.0 Å². The number of rotatable bonds is 6. The maximum absolute atomic E-state index is 11.8. The van der Waals surface area contributed by atoms with Gasteiger partial charge < -0.3 is 15.7 Å². The third-order valence-electron chi connectivity index (χ3n) is 2.38. The van der Waals surface area contributed by atoms with Gasteiger partial charge in [0.05, 0.1) is 15.7 Å². The van der Waals surface area contributed by atoms with E-state index < -0.39 is 0 Å². The van der Waals surface area contributed by atoms with Crippen LogP contribution in [0.1, 0.15) is 6.42 Å².